The first kappa shape index (κ1) is 18.3. The molecule has 2 aromatic carbocycles. The van der Waals surface area contributed by atoms with Crippen molar-refractivity contribution in [1.82, 2.24) is 5.43 Å². The average Bonchev–Trinajstić information content (AvgIpc) is 2.62. The first-order chi connectivity index (χ1) is 12.1. The van der Waals surface area contributed by atoms with E-state index in [4.69, 9.17) is 14.2 Å². The second kappa shape index (κ2) is 9.27. The molecule has 0 spiro atoms. The summed E-state index contributed by atoms with van der Waals surface area (Å²) >= 11 is 0. The summed E-state index contributed by atoms with van der Waals surface area (Å²) in [6, 6.07) is 10.7. The molecule has 1 amide bonds. The summed E-state index contributed by atoms with van der Waals surface area (Å²) in [5.41, 5.74) is 3.09. The van der Waals surface area contributed by atoms with Crippen molar-refractivity contribution < 1.29 is 23.4 Å². The van der Waals surface area contributed by atoms with Gasteiger partial charge in [-0.3, -0.25) is 4.79 Å². The van der Waals surface area contributed by atoms with Crippen LogP contribution in [0.25, 0.3) is 0 Å². The Morgan fingerprint density at radius 2 is 1.92 bits per heavy atom. The third-order valence-corrected chi connectivity index (χ3v) is 3.07. The van der Waals surface area contributed by atoms with Crippen LogP contribution in [0.4, 0.5) is 4.39 Å². The Morgan fingerprint density at radius 1 is 1.16 bits per heavy atom. The molecule has 0 atom stereocenters. The van der Waals surface area contributed by atoms with Gasteiger partial charge < -0.3 is 14.2 Å². The molecule has 7 heteroatoms. The SMILES string of the molecule is CCOc1ccc(/C=N\NC(=O)COc2ccc(F)cc2)cc1OC. The lowest BCUT2D eigenvalue weighted by molar-refractivity contribution is -0.123. The number of nitrogens with one attached hydrogen (secondary N) is 1. The third-order valence-electron chi connectivity index (χ3n) is 3.07. The van der Waals surface area contributed by atoms with Gasteiger partial charge in [0.25, 0.3) is 5.91 Å². The van der Waals surface area contributed by atoms with Crippen molar-refractivity contribution in [3.8, 4) is 17.2 Å². The van der Waals surface area contributed by atoms with Gasteiger partial charge in [0.1, 0.15) is 11.6 Å². The fourth-order valence-corrected chi connectivity index (χ4v) is 1.93. The lowest BCUT2D eigenvalue weighted by Crippen LogP contribution is -2.24. The number of halogens is 1. The number of hydrazone groups is 1. The number of nitrogens with zero attached hydrogens (tertiary/aromatic N) is 1. The van der Waals surface area contributed by atoms with E-state index < -0.39 is 5.91 Å². The topological polar surface area (TPSA) is 69.2 Å². The van der Waals surface area contributed by atoms with Crippen LogP contribution in [0.1, 0.15) is 12.5 Å². The fraction of sp³-hybridized carbons (Fsp3) is 0.222. The highest BCUT2D eigenvalue weighted by molar-refractivity contribution is 5.83. The maximum atomic E-state index is 12.8. The highest BCUT2D eigenvalue weighted by Gasteiger charge is 2.05. The molecule has 0 aliphatic rings. The van der Waals surface area contributed by atoms with E-state index in [1.165, 1.54) is 30.5 Å². The first-order valence-electron chi connectivity index (χ1n) is 7.63. The minimum atomic E-state index is -0.432. The zero-order chi connectivity index (χ0) is 18.1. The molecule has 2 rings (SSSR count). The molecule has 0 saturated carbocycles. The smallest absolute Gasteiger partial charge is 0.277 e. The van der Waals surface area contributed by atoms with Crippen molar-refractivity contribution in [2.45, 2.75) is 6.92 Å². The maximum absolute atomic E-state index is 12.8. The molecule has 0 saturated heterocycles. The van der Waals surface area contributed by atoms with Gasteiger partial charge in [0, 0.05) is 0 Å². The molecule has 0 unspecified atom stereocenters. The van der Waals surface area contributed by atoms with E-state index in [9.17, 15) is 9.18 Å². The van der Waals surface area contributed by atoms with E-state index in [0.717, 1.165) is 5.56 Å². The van der Waals surface area contributed by atoms with Crippen molar-refractivity contribution in [3.05, 3.63) is 53.8 Å². The summed E-state index contributed by atoms with van der Waals surface area (Å²) in [6.45, 7) is 2.20. The van der Waals surface area contributed by atoms with E-state index in [-0.39, 0.29) is 12.4 Å². The summed E-state index contributed by atoms with van der Waals surface area (Å²) in [7, 11) is 1.55. The highest BCUT2D eigenvalue weighted by atomic mass is 19.1. The van der Waals surface area contributed by atoms with Crippen molar-refractivity contribution in [2.24, 2.45) is 5.10 Å². The van der Waals surface area contributed by atoms with Crippen LogP contribution in [0, 0.1) is 5.82 Å². The van der Waals surface area contributed by atoms with Crippen LogP contribution in [0.3, 0.4) is 0 Å². The Morgan fingerprint density at radius 3 is 2.60 bits per heavy atom. The quantitative estimate of drug-likeness (QED) is 0.589. The zero-order valence-electron chi connectivity index (χ0n) is 14.0. The lowest BCUT2D eigenvalue weighted by atomic mass is 10.2. The van der Waals surface area contributed by atoms with E-state index in [1.54, 1.807) is 25.3 Å². The van der Waals surface area contributed by atoms with Crippen LogP contribution in [0.15, 0.2) is 47.6 Å². The standard InChI is InChI=1S/C18H19FN2O4/c1-3-24-16-9-4-13(10-17(16)23-2)11-20-21-18(22)12-25-15-7-5-14(19)6-8-15/h4-11H,3,12H2,1-2H3,(H,21,22)/b20-11-. The van der Waals surface area contributed by atoms with E-state index >= 15 is 0 Å². The number of hydrogen-bond acceptors (Lipinski definition) is 5. The molecule has 6 nitrogen and oxygen atoms in total. The van der Waals surface area contributed by atoms with Crippen LogP contribution >= 0.6 is 0 Å². The number of hydrogen-bond donors (Lipinski definition) is 1. The number of methoxy groups -OCH3 is 1. The molecule has 2 aromatic rings. The molecule has 0 fully saturated rings. The van der Waals surface area contributed by atoms with Gasteiger partial charge in [0.05, 0.1) is 19.9 Å². The monoisotopic (exact) mass is 346 g/mol. The van der Waals surface area contributed by atoms with Crippen LogP contribution < -0.4 is 19.6 Å². The molecule has 0 aromatic heterocycles. The van der Waals surface area contributed by atoms with Crippen molar-refractivity contribution in [3.63, 3.8) is 0 Å². The Balaban J connectivity index is 1.85. The van der Waals surface area contributed by atoms with Gasteiger partial charge >= 0.3 is 0 Å². The number of carbonyl (C=O) groups excluding carboxylic acids is 1. The Bertz CT molecular complexity index is 732. The summed E-state index contributed by atoms with van der Waals surface area (Å²) in [5.74, 6) is 0.818. The number of amides is 1. The first-order valence-corrected chi connectivity index (χ1v) is 7.63. The summed E-state index contributed by atoms with van der Waals surface area (Å²) in [6.07, 6.45) is 1.48. The van der Waals surface area contributed by atoms with Gasteiger partial charge in [0.2, 0.25) is 0 Å². The van der Waals surface area contributed by atoms with E-state index in [1.807, 2.05) is 6.92 Å². The van der Waals surface area contributed by atoms with Crippen molar-refractivity contribution in [2.75, 3.05) is 20.3 Å². The number of ether oxygens (including phenoxy) is 3. The predicted octanol–water partition coefficient (Wildman–Crippen LogP) is 2.76. The van der Waals surface area contributed by atoms with Gasteiger partial charge in [-0.1, -0.05) is 0 Å². The number of carbonyl (C=O) groups is 1. The normalized spacial score (nSPS) is 10.5. The predicted molar refractivity (Wildman–Crippen MR) is 91.8 cm³/mol. The number of benzene rings is 2. The molecule has 0 heterocycles. The van der Waals surface area contributed by atoms with Gasteiger partial charge in [-0.05, 0) is 55.0 Å². The largest absolute Gasteiger partial charge is 0.493 e. The van der Waals surface area contributed by atoms with Gasteiger partial charge in [-0.2, -0.15) is 5.10 Å². The number of rotatable bonds is 8. The molecule has 0 bridgehead atoms. The molecule has 0 aliphatic carbocycles. The molecule has 0 radical (unpaired) electrons. The van der Waals surface area contributed by atoms with E-state index in [0.29, 0.717) is 23.9 Å². The average molecular weight is 346 g/mol. The minimum absolute atomic E-state index is 0.227. The molecular formula is C18H19FN2O4. The summed E-state index contributed by atoms with van der Waals surface area (Å²) in [4.78, 5) is 11.7. The zero-order valence-corrected chi connectivity index (χ0v) is 14.0. The van der Waals surface area contributed by atoms with Crippen molar-refractivity contribution in [1.29, 1.82) is 0 Å². The molecule has 1 N–H and O–H groups in total. The van der Waals surface area contributed by atoms with Gasteiger partial charge in [-0.25, -0.2) is 9.82 Å². The second-order valence-electron chi connectivity index (χ2n) is 4.88. The fourth-order valence-electron chi connectivity index (χ4n) is 1.93. The van der Waals surface area contributed by atoms with E-state index in [2.05, 4.69) is 10.5 Å². The second-order valence-corrected chi connectivity index (χ2v) is 4.88. The van der Waals surface area contributed by atoms with Crippen LogP contribution in [-0.2, 0) is 4.79 Å². The van der Waals surface area contributed by atoms with Crippen LogP contribution in [0.2, 0.25) is 0 Å². The molecule has 25 heavy (non-hydrogen) atoms. The van der Waals surface area contributed by atoms with Gasteiger partial charge in [0.15, 0.2) is 18.1 Å². The highest BCUT2D eigenvalue weighted by Crippen LogP contribution is 2.27. The minimum Gasteiger partial charge on any atom is -0.493 e. The third kappa shape index (κ3) is 5.80. The van der Waals surface area contributed by atoms with Crippen LogP contribution in [0.5, 0.6) is 17.2 Å². The Labute approximate surface area is 145 Å². The molecule has 0 aliphatic heterocycles. The van der Waals surface area contributed by atoms with Crippen molar-refractivity contribution >= 4 is 12.1 Å². The summed E-state index contributed by atoms with van der Waals surface area (Å²) in [5, 5.41) is 3.86. The Hall–Kier alpha value is -3.09. The Kier molecular flexibility index (Phi) is 6.76. The lowest BCUT2D eigenvalue weighted by Gasteiger charge is -2.09. The molecule has 132 valence electrons. The summed E-state index contributed by atoms with van der Waals surface area (Å²) < 4.78 is 28.6. The van der Waals surface area contributed by atoms with Crippen LogP contribution in [-0.4, -0.2) is 32.4 Å². The maximum Gasteiger partial charge on any atom is 0.277 e. The molecular weight excluding hydrogens is 327 g/mol. The van der Waals surface area contributed by atoms with Gasteiger partial charge in [-0.15, -0.1) is 0 Å².